The van der Waals surface area contributed by atoms with Gasteiger partial charge in [0.2, 0.25) is 12.2 Å². The summed E-state index contributed by atoms with van der Waals surface area (Å²) in [4.78, 5) is 21.4. The lowest BCUT2D eigenvalue weighted by atomic mass is 10.1. The highest BCUT2D eigenvalue weighted by atomic mass is 35.5. The molecule has 1 amide bonds. The van der Waals surface area contributed by atoms with Gasteiger partial charge >= 0.3 is 11.4 Å². The normalized spacial score (nSPS) is 13.1. The van der Waals surface area contributed by atoms with Gasteiger partial charge in [0.15, 0.2) is 0 Å². The Morgan fingerprint density at radius 1 is 1.50 bits per heavy atom. The van der Waals surface area contributed by atoms with Gasteiger partial charge < -0.3 is 20.3 Å². The molecule has 104 valence electrons. The quantitative estimate of drug-likeness (QED) is 0.203. The molecule has 0 aliphatic carbocycles. The molecule has 0 radical (unpaired) electrons. The number of carbonyl (C=O) groups excluding carboxylic acids is 2. The van der Waals surface area contributed by atoms with Gasteiger partial charge in [0, 0.05) is 6.42 Å². The predicted molar refractivity (Wildman–Crippen MR) is 56.5 cm³/mol. The second-order valence-corrected chi connectivity index (χ2v) is 3.59. The van der Waals surface area contributed by atoms with E-state index in [1.165, 1.54) is 6.92 Å². The van der Waals surface area contributed by atoms with Crippen LogP contribution in [0, 0.1) is 0 Å². The van der Waals surface area contributed by atoms with Gasteiger partial charge in [-0.3, -0.25) is 4.79 Å². The second-order valence-electron chi connectivity index (χ2n) is 3.12. The van der Waals surface area contributed by atoms with Crippen molar-refractivity contribution >= 4 is 24.0 Å². The van der Waals surface area contributed by atoms with Crippen LogP contribution in [0.1, 0.15) is 13.3 Å². The van der Waals surface area contributed by atoms with Crippen molar-refractivity contribution in [3.63, 3.8) is 0 Å². The Morgan fingerprint density at radius 3 is 2.44 bits per heavy atom. The first kappa shape index (κ1) is 16.8. The number of esters is 1. The number of amides is 1. The topological polar surface area (TPSA) is 95.9 Å². The second kappa shape index (κ2) is 6.62. The van der Waals surface area contributed by atoms with Crippen molar-refractivity contribution in [2.45, 2.75) is 24.5 Å². The molecule has 9 heteroatoms. The first-order chi connectivity index (χ1) is 8.15. The highest BCUT2D eigenvalue weighted by Gasteiger charge is 2.49. The molecule has 0 aliphatic heterocycles. The molecule has 0 saturated carbocycles. The summed E-state index contributed by atoms with van der Waals surface area (Å²) in [6.07, 6.45) is -0.306. The molecular weight excluding hydrogens is 276 g/mol. The molecule has 0 heterocycles. The molecule has 0 aromatic carbocycles. The fourth-order valence-electron chi connectivity index (χ4n) is 0.834. The summed E-state index contributed by atoms with van der Waals surface area (Å²) in [5, 5.41) is 15.5. The van der Waals surface area contributed by atoms with E-state index in [0.717, 1.165) is 0 Å². The van der Waals surface area contributed by atoms with Crippen molar-refractivity contribution in [1.82, 2.24) is 5.32 Å². The summed E-state index contributed by atoms with van der Waals surface area (Å²) in [5.74, 6) is -4.56. The standard InChI is InChI=1S/C9H12ClF2NO5/c1-2-18-7(15)6(13-5-14)3-4-8(16,17)9(10,11)12/h3,5,16-17H,2,4H2,1H3,(H,13,14)/b6-3-. The minimum Gasteiger partial charge on any atom is -0.461 e. The van der Waals surface area contributed by atoms with Crippen molar-refractivity contribution in [1.29, 1.82) is 0 Å². The Balaban J connectivity index is 4.88. The SMILES string of the molecule is CCOC(=O)/C(=C/CC(O)(O)C(F)(F)Cl)NC=O. The maximum atomic E-state index is 12.5. The van der Waals surface area contributed by atoms with E-state index in [9.17, 15) is 18.4 Å². The molecule has 0 unspecified atom stereocenters. The van der Waals surface area contributed by atoms with Crippen LogP contribution in [0.5, 0.6) is 0 Å². The van der Waals surface area contributed by atoms with Gasteiger partial charge in [-0.25, -0.2) is 4.79 Å². The molecule has 0 spiro atoms. The van der Waals surface area contributed by atoms with Gasteiger partial charge in [-0.1, -0.05) is 0 Å². The first-order valence-corrected chi connectivity index (χ1v) is 5.12. The fourth-order valence-corrected chi connectivity index (χ4v) is 0.911. The molecule has 0 rings (SSSR count). The largest absolute Gasteiger partial charge is 0.461 e. The number of hydrogen-bond donors (Lipinski definition) is 3. The van der Waals surface area contributed by atoms with Crippen molar-refractivity contribution in [2.75, 3.05) is 6.61 Å². The number of alkyl halides is 3. The number of hydrogen-bond acceptors (Lipinski definition) is 5. The Kier molecular flexibility index (Phi) is 6.16. The third-order valence-electron chi connectivity index (χ3n) is 1.75. The van der Waals surface area contributed by atoms with E-state index in [0.29, 0.717) is 6.08 Å². The van der Waals surface area contributed by atoms with E-state index >= 15 is 0 Å². The summed E-state index contributed by atoms with van der Waals surface area (Å²) < 4.78 is 29.5. The number of nitrogens with one attached hydrogen (secondary N) is 1. The molecule has 0 bridgehead atoms. The van der Waals surface area contributed by atoms with Gasteiger partial charge in [0.1, 0.15) is 5.70 Å². The van der Waals surface area contributed by atoms with E-state index in [1.807, 2.05) is 5.32 Å². The van der Waals surface area contributed by atoms with E-state index in [1.54, 1.807) is 0 Å². The van der Waals surface area contributed by atoms with Crippen molar-refractivity contribution < 1.29 is 33.3 Å². The maximum absolute atomic E-state index is 12.5. The highest BCUT2D eigenvalue weighted by Crippen LogP contribution is 2.33. The molecule has 0 aromatic heterocycles. The van der Waals surface area contributed by atoms with E-state index in [-0.39, 0.29) is 13.0 Å². The van der Waals surface area contributed by atoms with Gasteiger partial charge in [-0.15, -0.1) is 0 Å². The molecule has 18 heavy (non-hydrogen) atoms. The number of ether oxygens (including phenoxy) is 1. The lowest BCUT2D eigenvalue weighted by Crippen LogP contribution is -2.44. The van der Waals surface area contributed by atoms with Crippen LogP contribution in [0.4, 0.5) is 8.78 Å². The molecule has 6 nitrogen and oxygen atoms in total. The van der Waals surface area contributed by atoms with Crippen molar-refractivity contribution in [2.24, 2.45) is 0 Å². The first-order valence-electron chi connectivity index (χ1n) is 4.74. The third-order valence-corrected chi connectivity index (χ3v) is 2.06. The van der Waals surface area contributed by atoms with Gasteiger partial charge in [-0.05, 0) is 24.6 Å². The van der Waals surface area contributed by atoms with Crippen LogP contribution in [0.2, 0.25) is 0 Å². The summed E-state index contributed by atoms with van der Waals surface area (Å²) in [5.41, 5.74) is -0.500. The Labute approximate surface area is 106 Å². The van der Waals surface area contributed by atoms with Crippen molar-refractivity contribution in [3.05, 3.63) is 11.8 Å². The maximum Gasteiger partial charge on any atom is 0.374 e. The summed E-state index contributed by atoms with van der Waals surface area (Å²) in [6, 6.07) is 0. The zero-order valence-corrected chi connectivity index (χ0v) is 10.1. The summed E-state index contributed by atoms with van der Waals surface area (Å²) in [7, 11) is 0. The molecule has 3 N–H and O–H groups in total. The lowest BCUT2D eigenvalue weighted by Gasteiger charge is -2.24. The average molecular weight is 288 g/mol. The molecule has 0 atom stereocenters. The molecule has 0 aliphatic rings. The Hall–Kier alpha value is -1.25. The Morgan fingerprint density at radius 2 is 2.06 bits per heavy atom. The summed E-state index contributed by atoms with van der Waals surface area (Å²) >= 11 is 4.46. The molecule has 0 saturated heterocycles. The van der Waals surface area contributed by atoms with E-state index < -0.39 is 29.3 Å². The van der Waals surface area contributed by atoms with Crippen molar-refractivity contribution in [3.8, 4) is 0 Å². The minimum absolute atomic E-state index is 0.00817. The van der Waals surface area contributed by atoms with Crippen LogP contribution in [-0.2, 0) is 14.3 Å². The van der Waals surface area contributed by atoms with Gasteiger partial charge in [0.25, 0.3) is 0 Å². The zero-order valence-electron chi connectivity index (χ0n) is 9.32. The van der Waals surface area contributed by atoms with Crippen LogP contribution in [-0.4, -0.2) is 40.4 Å². The average Bonchev–Trinajstić information content (AvgIpc) is 2.22. The van der Waals surface area contributed by atoms with Crippen LogP contribution < -0.4 is 5.32 Å². The van der Waals surface area contributed by atoms with E-state index in [2.05, 4.69) is 16.3 Å². The van der Waals surface area contributed by atoms with Gasteiger partial charge in [0.05, 0.1) is 6.61 Å². The molecule has 0 aromatic rings. The minimum atomic E-state index is -4.32. The highest BCUT2D eigenvalue weighted by molar-refractivity contribution is 6.22. The summed E-state index contributed by atoms with van der Waals surface area (Å²) in [6.45, 7) is 1.48. The zero-order chi connectivity index (χ0) is 14.4. The molecular formula is C9H12ClF2NO5. The van der Waals surface area contributed by atoms with E-state index in [4.69, 9.17) is 10.2 Å². The van der Waals surface area contributed by atoms with Crippen LogP contribution in [0.25, 0.3) is 0 Å². The monoisotopic (exact) mass is 287 g/mol. The van der Waals surface area contributed by atoms with Crippen LogP contribution >= 0.6 is 11.6 Å². The number of carbonyl (C=O) groups is 2. The number of rotatable bonds is 7. The number of halogens is 3. The van der Waals surface area contributed by atoms with Crippen LogP contribution in [0.15, 0.2) is 11.8 Å². The third kappa shape index (κ3) is 4.94. The smallest absolute Gasteiger partial charge is 0.374 e. The Bertz CT molecular complexity index is 340. The number of aliphatic hydroxyl groups is 2. The van der Waals surface area contributed by atoms with Gasteiger partial charge in [-0.2, -0.15) is 8.78 Å². The fraction of sp³-hybridized carbons (Fsp3) is 0.556. The lowest BCUT2D eigenvalue weighted by molar-refractivity contribution is -0.256. The predicted octanol–water partition coefficient (Wildman–Crippen LogP) is 0.0820. The van der Waals surface area contributed by atoms with Crippen LogP contribution in [0.3, 0.4) is 0 Å². The molecule has 0 fully saturated rings.